The maximum Gasteiger partial charge on any atom is 0.0614 e. The van der Waals surface area contributed by atoms with Gasteiger partial charge in [-0.25, -0.2) is 0 Å². The summed E-state index contributed by atoms with van der Waals surface area (Å²) >= 11 is 1.89. The van der Waals surface area contributed by atoms with Gasteiger partial charge in [-0.05, 0) is 102 Å². The van der Waals surface area contributed by atoms with Crippen molar-refractivity contribution in [3.05, 3.63) is 157 Å². The SMILES string of the molecule is CCCCc1c(C)n2c3ccccc3c3cc(-c4ccc(-n5c6ccccc6c6cc(-c7cccc8c7sc7ccccc78)ccc65)cc4)cc1c32. The molecule has 0 aliphatic carbocycles. The number of hydrogen-bond donors (Lipinski definition) is 0. The molecule has 52 heavy (non-hydrogen) atoms. The Kier molecular flexibility index (Phi) is 6.47. The first-order valence-corrected chi connectivity index (χ1v) is 19.3. The number of thiophene rings is 1. The van der Waals surface area contributed by atoms with Gasteiger partial charge >= 0.3 is 0 Å². The Hall–Kier alpha value is -5.90. The number of nitrogens with zero attached hydrogens (tertiary/aromatic N) is 2. The number of hydrogen-bond acceptors (Lipinski definition) is 1. The van der Waals surface area contributed by atoms with E-state index >= 15 is 0 Å². The van der Waals surface area contributed by atoms with Crippen LogP contribution in [0.4, 0.5) is 0 Å². The maximum atomic E-state index is 2.51. The molecule has 7 aromatic carbocycles. The molecule has 4 aromatic heterocycles. The van der Waals surface area contributed by atoms with Gasteiger partial charge in [0.25, 0.3) is 0 Å². The first-order chi connectivity index (χ1) is 25.7. The lowest BCUT2D eigenvalue weighted by molar-refractivity contribution is 0.793. The van der Waals surface area contributed by atoms with E-state index in [9.17, 15) is 0 Å². The number of fused-ring (bicyclic) bond motifs is 9. The summed E-state index contributed by atoms with van der Waals surface area (Å²) in [5.74, 6) is 0. The van der Waals surface area contributed by atoms with Crippen molar-refractivity contribution in [2.75, 3.05) is 0 Å². The van der Waals surface area contributed by atoms with Crippen LogP contribution < -0.4 is 0 Å². The fourth-order valence-corrected chi connectivity index (χ4v) is 10.3. The summed E-state index contributed by atoms with van der Waals surface area (Å²) < 4.78 is 7.63. The molecule has 0 saturated heterocycles. The normalized spacial score (nSPS) is 12.3. The van der Waals surface area contributed by atoms with E-state index in [4.69, 9.17) is 0 Å². The Morgan fingerprint density at radius 1 is 0.519 bits per heavy atom. The second-order valence-electron chi connectivity index (χ2n) is 14.4. The third-order valence-electron chi connectivity index (χ3n) is 11.5. The van der Waals surface area contributed by atoms with Crippen molar-refractivity contribution < 1.29 is 0 Å². The van der Waals surface area contributed by atoms with Gasteiger partial charge in [0.2, 0.25) is 0 Å². The first kappa shape index (κ1) is 29.8. The van der Waals surface area contributed by atoms with E-state index in [2.05, 4.69) is 168 Å². The Morgan fingerprint density at radius 3 is 2.00 bits per heavy atom. The number of para-hydroxylation sites is 2. The summed E-state index contributed by atoms with van der Waals surface area (Å²) in [5, 5.41) is 9.32. The molecule has 0 N–H and O–H groups in total. The predicted molar refractivity (Wildman–Crippen MR) is 225 cm³/mol. The van der Waals surface area contributed by atoms with Gasteiger partial charge in [-0.2, -0.15) is 0 Å². The zero-order valence-electron chi connectivity index (χ0n) is 29.3. The second-order valence-corrected chi connectivity index (χ2v) is 15.4. The highest BCUT2D eigenvalue weighted by Crippen LogP contribution is 2.43. The summed E-state index contributed by atoms with van der Waals surface area (Å²) in [7, 11) is 0. The van der Waals surface area contributed by atoms with Gasteiger partial charge in [0.1, 0.15) is 0 Å². The quantitative estimate of drug-likeness (QED) is 0.165. The molecule has 11 aromatic rings. The van der Waals surface area contributed by atoms with E-state index in [-0.39, 0.29) is 0 Å². The van der Waals surface area contributed by atoms with Gasteiger partial charge in [0.05, 0.1) is 22.1 Å². The third-order valence-corrected chi connectivity index (χ3v) is 12.7. The standard InChI is InChI=1S/C49H36N2S/c1-3-4-12-35-30(2)50-44-18-8-6-14-38(44)43-29-33(28-42(35)48(43)50)31-21-24-34(25-22-31)51-45-19-9-5-13-37(45)41-27-32(23-26-46(41)51)36-16-11-17-40-39-15-7-10-20-47(39)52-49(36)40/h5-11,13-29H,3-4,12H2,1-2H3. The van der Waals surface area contributed by atoms with E-state index in [1.165, 1.54) is 121 Å². The summed E-state index contributed by atoms with van der Waals surface area (Å²) in [6, 6.07) is 54.4. The highest BCUT2D eigenvalue weighted by molar-refractivity contribution is 7.26. The highest BCUT2D eigenvalue weighted by Gasteiger charge is 2.21. The smallest absolute Gasteiger partial charge is 0.0614 e. The van der Waals surface area contributed by atoms with Gasteiger partial charge in [-0.1, -0.05) is 104 Å². The lowest BCUT2D eigenvalue weighted by atomic mass is 9.97. The lowest BCUT2D eigenvalue weighted by Gasteiger charge is -2.11. The van der Waals surface area contributed by atoms with Crippen LogP contribution in [0.1, 0.15) is 31.0 Å². The molecule has 0 radical (unpaired) electrons. The Bertz CT molecular complexity index is 3170. The van der Waals surface area contributed by atoms with Crippen LogP contribution in [0.3, 0.4) is 0 Å². The number of aromatic nitrogens is 2. The van der Waals surface area contributed by atoms with Gasteiger partial charge in [-0.3, -0.25) is 0 Å². The van der Waals surface area contributed by atoms with Gasteiger partial charge in [-0.15, -0.1) is 11.3 Å². The molecular weight excluding hydrogens is 649 g/mol. The largest absolute Gasteiger partial charge is 0.312 e. The topological polar surface area (TPSA) is 9.34 Å². The van der Waals surface area contributed by atoms with Crippen LogP contribution in [0.25, 0.3) is 97.1 Å². The van der Waals surface area contributed by atoms with Crippen LogP contribution in [0.2, 0.25) is 0 Å². The van der Waals surface area contributed by atoms with Crippen LogP contribution >= 0.6 is 11.3 Å². The van der Waals surface area contributed by atoms with Gasteiger partial charge in [0.15, 0.2) is 0 Å². The summed E-state index contributed by atoms with van der Waals surface area (Å²) in [5.41, 5.74) is 14.3. The Balaban J connectivity index is 1.05. The molecule has 248 valence electrons. The van der Waals surface area contributed by atoms with E-state index < -0.39 is 0 Å². The van der Waals surface area contributed by atoms with Crippen molar-refractivity contribution in [1.29, 1.82) is 0 Å². The molecule has 0 unspecified atom stereocenters. The first-order valence-electron chi connectivity index (χ1n) is 18.5. The van der Waals surface area contributed by atoms with Crippen molar-refractivity contribution in [3.63, 3.8) is 0 Å². The lowest BCUT2D eigenvalue weighted by Crippen LogP contribution is -1.94. The minimum absolute atomic E-state index is 1.12. The molecule has 0 amide bonds. The van der Waals surface area contributed by atoms with Crippen LogP contribution in [0.15, 0.2) is 146 Å². The summed E-state index contributed by atoms with van der Waals surface area (Å²) in [6.07, 6.45) is 3.52. The molecule has 4 heterocycles. The van der Waals surface area contributed by atoms with Crippen molar-refractivity contribution in [1.82, 2.24) is 8.97 Å². The monoisotopic (exact) mass is 684 g/mol. The fourth-order valence-electron chi connectivity index (χ4n) is 9.04. The molecule has 0 aliphatic rings. The van der Waals surface area contributed by atoms with E-state index in [1.54, 1.807) is 0 Å². The zero-order chi connectivity index (χ0) is 34.5. The molecule has 0 aliphatic heterocycles. The number of benzene rings is 7. The van der Waals surface area contributed by atoms with Gasteiger partial charge in [0, 0.05) is 58.5 Å². The number of rotatable bonds is 6. The predicted octanol–water partition coefficient (Wildman–Crippen LogP) is 14.1. The maximum absolute atomic E-state index is 2.51. The van der Waals surface area contributed by atoms with Crippen LogP contribution in [0.5, 0.6) is 0 Å². The zero-order valence-corrected chi connectivity index (χ0v) is 30.1. The van der Waals surface area contributed by atoms with Crippen molar-refractivity contribution in [2.45, 2.75) is 33.1 Å². The average molecular weight is 685 g/mol. The Morgan fingerprint density at radius 2 is 1.17 bits per heavy atom. The minimum Gasteiger partial charge on any atom is -0.312 e. The second kappa shape index (κ2) is 11.3. The molecule has 0 spiro atoms. The minimum atomic E-state index is 1.12. The summed E-state index contributed by atoms with van der Waals surface area (Å²) in [6.45, 7) is 4.60. The molecule has 11 rings (SSSR count). The molecular formula is C49H36N2S. The van der Waals surface area contributed by atoms with Gasteiger partial charge < -0.3 is 8.97 Å². The van der Waals surface area contributed by atoms with Crippen molar-refractivity contribution >= 4 is 80.5 Å². The van der Waals surface area contributed by atoms with Crippen LogP contribution in [-0.4, -0.2) is 8.97 Å². The molecule has 0 saturated carbocycles. The number of aryl methyl sites for hydroxylation is 2. The highest BCUT2D eigenvalue weighted by atomic mass is 32.1. The molecule has 0 bridgehead atoms. The van der Waals surface area contributed by atoms with Crippen LogP contribution in [0, 0.1) is 6.92 Å². The molecule has 0 fully saturated rings. The Labute approximate surface area is 306 Å². The summed E-state index contributed by atoms with van der Waals surface area (Å²) in [4.78, 5) is 0. The third kappa shape index (κ3) is 4.17. The van der Waals surface area contributed by atoms with E-state index in [0.717, 1.165) is 6.42 Å². The van der Waals surface area contributed by atoms with Crippen LogP contribution in [-0.2, 0) is 6.42 Å². The molecule has 3 heteroatoms. The molecule has 0 atom stereocenters. The molecule has 2 nitrogen and oxygen atoms in total. The fraction of sp³-hybridized carbons (Fsp3) is 0.102. The van der Waals surface area contributed by atoms with E-state index in [0.29, 0.717) is 0 Å². The van der Waals surface area contributed by atoms with E-state index in [1.807, 2.05) is 11.3 Å². The average Bonchev–Trinajstić information content (AvgIpc) is 3.92. The van der Waals surface area contributed by atoms with Crippen molar-refractivity contribution in [2.24, 2.45) is 0 Å². The number of unbranched alkanes of at least 4 members (excludes halogenated alkanes) is 1. The van der Waals surface area contributed by atoms with Crippen molar-refractivity contribution in [3.8, 4) is 27.9 Å².